The fourth-order valence-corrected chi connectivity index (χ4v) is 2.56. The molecule has 0 aliphatic rings. The summed E-state index contributed by atoms with van der Waals surface area (Å²) in [5.74, 6) is -0.971. The Balaban J connectivity index is 2.14. The van der Waals surface area contributed by atoms with Gasteiger partial charge < -0.3 is 10.4 Å². The highest BCUT2D eigenvalue weighted by Gasteiger charge is 2.14. The van der Waals surface area contributed by atoms with E-state index in [1.807, 2.05) is 13.0 Å². The average molecular weight is 356 g/mol. The van der Waals surface area contributed by atoms with Gasteiger partial charge in [-0.25, -0.2) is 8.78 Å². The lowest BCUT2D eigenvalue weighted by Gasteiger charge is -2.19. The first kappa shape index (κ1) is 15.9. The molecule has 0 saturated carbocycles. The van der Waals surface area contributed by atoms with Crippen molar-refractivity contribution in [2.24, 2.45) is 0 Å². The number of rotatable bonds is 5. The maximum atomic E-state index is 13.6. The quantitative estimate of drug-likeness (QED) is 0.816. The summed E-state index contributed by atoms with van der Waals surface area (Å²) in [6, 6.07) is 8.61. The number of hydrogen-bond donors (Lipinski definition) is 2. The lowest BCUT2D eigenvalue weighted by Crippen LogP contribution is -2.21. The molecule has 2 N–H and O–H groups in total. The van der Waals surface area contributed by atoms with Gasteiger partial charge in [0.1, 0.15) is 17.4 Å². The molecule has 1 atom stereocenters. The van der Waals surface area contributed by atoms with Crippen LogP contribution in [-0.2, 0) is 6.54 Å². The highest BCUT2D eigenvalue weighted by atomic mass is 79.9. The highest BCUT2D eigenvalue weighted by Crippen LogP contribution is 2.29. The molecule has 0 aromatic heterocycles. The maximum Gasteiger partial charge on any atom is 0.130 e. The summed E-state index contributed by atoms with van der Waals surface area (Å²) in [6.07, 6.45) is 0.729. The van der Waals surface area contributed by atoms with Crippen LogP contribution in [0.4, 0.5) is 8.78 Å². The Kier molecular flexibility index (Phi) is 5.31. The summed E-state index contributed by atoms with van der Waals surface area (Å²) < 4.78 is 27.4. The summed E-state index contributed by atoms with van der Waals surface area (Å²) in [5.41, 5.74) is 1.14. The predicted octanol–water partition coefficient (Wildman–Crippen LogP) is 4.67. The molecule has 2 rings (SSSR count). The minimum absolute atomic E-state index is 0.119. The Hall–Kier alpha value is -1.46. The van der Waals surface area contributed by atoms with E-state index in [-0.39, 0.29) is 18.3 Å². The second-order valence-electron chi connectivity index (χ2n) is 4.78. The van der Waals surface area contributed by atoms with Crippen LogP contribution in [-0.4, -0.2) is 5.11 Å². The third-order valence-electron chi connectivity index (χ3n) is 3.33. The zero-order valence-electron chi connectivity index (χ0n) is 11.5. The monoisotopic (exact) mass is 355 g/mol. The highest BCUT2D eigenvalue weighted by molar-refractivity contribution is 9.10. The number of nitrogens with one attached hydrogen (secondary N) is 1. The molecule has 0 amide bonds. The van der Waals surface area contributed by atoms with E-state index >= 15 is 0 Å². The minimum Gasteiger partial charge on any atom is -0.508 e. The zero-order chi connectivity index (χ0) is 15.4. The molecule has 0 spiro atoms. The molecule has 0 aliphatic carbocycles. The lowest BCUT2D eigenvalue weighted by molar-refractivity contribution is 0.438. The first-order valence-electron chi connectivity index (χ1n) is 6.67. The number of hydrogen-bond acceptors (Lipinski definition) is 2. The van der Waals surface area contributed by atoms with Crippen LogP contribution < -0.4 is 5.32 Å². The first-order valence-corrected chi connectivity index (χ1v) is 7.46. The molecule has 2 aromatic carbocycles. The normalized spacial score (nSPS) is 12.4. The van der Waals surface area contributed by atoms with E-state index in [1.54, 1.807) is 12.1 Å². The summed E-state index contributed by atoms with van der Waals surface area (Å²) >= 11 is 3.37. The van der Waals surface area contributed by atoms with Crippen LogP contribution in [0, 0.1) is 11.6 Å². The Morgan fingerprint density at radius 2 is 1.95 bits per heavy atom. The number of phenols is 1. The molecule has 0 radical (unpaired) electrons. The molecule has 1 unspecified atom stereocenters. The zero-order valence-corrected chi connectivity index (χ0v) is 13.1. The fraction of sp³-hybridized carbons (Fsp3) is 0.250. The lowest BCUT2D eigenvalue weighted by atomic mass is 10.0. The van der Waals surface area contributed by atoms with E-state index in [1.165, 1.54) is 12.1 Å². The fourth-order valence-electron chi connectivity index (χ4n) is 2.18. The third-order valence-corrected chi connectivity index (χ3v) is 3.82. The summed E-state index contributed by atoms with van der Waals surface area (Å²) in [4.78, 5) is 0. The van der Waals surface area contributed by atoms with Gasteiger partial charge in [-0.1, -0.05) is 28.9 Å². The Bertz CT molecular complexity index is 634. The third kappa shape index (κ3) is 4.02. The van der Waals surface area contributed by atoms with E-state index in [0.717, 1.165) is 22.5 Å². The number of halogens is 3. The molecule has 0 bridgehead atoms. The van der Waals surface area contributed by atoms with Gasteiger partial charge in [0.15, 0.2) is 0 Å². The molecule has 2 aromatic rings. The molecular weight excluding hydrogens is 340 g/mol. The molecule has 21 heavy (non-hydrogen) atoms. The van der Waals surface area contributed by atoms with Gasteiger partial charge in [0.25, 0.3) is 0 Å². The SMILES string of the molecule is CCC(NCc1ccc(F)cc1F)c1cc(Br)ccc1O. The second kappa shape index (κ2) is 7.00. The molecule has 112 valence electrons. The second-order valence-corrected chi connectivity index (χ2v) is 5.70. The van der Waals surface area contributed by atoms with Gasteiger partial charge in [-0.2, -0.15) is 0 Å². The maximum absolute atomic E-state index is 13.6. The van der Waals surface area contributed by atoms with Crippen molar-refractivity contribution in [2.45, 2.75) is 25.9 Å². The van der Waals surface area contributed by atoms with Crippen molar-refractivity contribution in [3.8, 4) is 5.75 Å². The number of benzene rings is 2. The van der Waals surface area contributed by atoms with E-state index in [4.69, 9.17) is 0 Å². The Labute approximate surface area is 130 Å². The summed E-state index contributed by atoms with van der Waals surface area (Å²) in [6.45, 7) is 2.23. The summed E-state index contributed by atoms with van der Waals surface area (Å²) in [7, 11) is 0. The van der Waals surface area contributed by atoms with Crippen molar-refractivity contribution in [2.75, 3.05) is 0 Å². The topological polar surface area (TPSA) is 32.3 Å². The van der Waals surface area contributed by atoms with Gasteiger partial charge in [0.05, 0.1) is 0 Å². The standard InChI is InChI=1S/C16H16BrF2NO/c1-2-15(13-7-11(17)4-6-16(13)21)20-9-10-3-5-12(18)8-14(10)19/h3-8,15,20-21H,2,9H2,1H3. The van der Waals surface area contributed by atoms with Crippen LogP contribution in [0.25, 0.3) is 0 Å². The van der Waals surface area contributed by atoms with Crippen LogP contribution in [0.5, 0.6) is 5.75 Å². The molecule has 2 nitrogen and oxygen atoms in total. The van der Waals surface area contributed by atoms with E-state index in [0.29, 0.717) is 5.56 Å². The first-order chi connectivity index (χ1) is 10.0. The van der Waals surface area contributed by atoms with Crippen molar-refractivity contribution in [3.05, 3.63) is 63.6 Å². The number of phenolic OH excluding ortho intramolecular Hbond substituents is 1. The molecule has 0 aliphatic heterocycles. The summed E-state index contributed by atoms with van der Waals surface area (Å²) in [5, 5.41) is 13.1. The van der Waals surface area contributed by atoms with Gasteiger partial charge in [0.2, 0.25) is 0 Å². The van der Waals surface area contributed by atoms with Crippen LogP contribution in [0.2, 0.25) is 0 Å². The molecular formula is C16H16BrF2NO. The van der Waals surface area contributed by atoms with Crippen LogP contribution in [0.3, 0.4) is 0 Å². The number of aromatic hydroxyl groups is 1. The van der Waals surface area contributed by atoms with Gasteiger partial charge in [-0.3, -0.25) is 0 Å². The van der Waals surface area contributed by atoms with Crippen LogP contribution in [0.1, 0.15) is 30.5 Å². The van der Waals surface area contributed by atoms with Crippen molar-refractivity contribution in [1.82, 2.24) is 5.32 Å². The van der Waals surface area contributed by atoms with Gasteiger partial charge >= 0.3 is 0 Å². The molecule has 0 heterocycles. The van der Waals surface area contributed by atoms with Gasteiger partial charge in [-0.15, -0.1) is 0 Å². The largest absolute Gasteiger partial charge is 0.508 e. The minimum atomic E-state index is -0.590. The van der Waals surface area contributed by atoms with Gasteiger partial charge in [0, 0.05) is 34.3 Å². The van der Waals surface area contributed by atoms with E-state index < -0.39 is 11.6 Å². The van der Waals surface area contributed by atoms with Crippen molar-refractivity contribution in [1.29, 1.82) is 0 Å². The van der Waals surface area contributed by atoms with E-state index in [2.05, 4.69) is 21.2 Å². The predicted molar refractivity (Wildman–Crippen MR) is 82.0 cm³/mol. The van der Waals surface area contributed by atoms with E-state index in [9.17, 15) is 13.9 Å². The molecule has 0 saturated heterocycles. The molecule has 0 fully saturated rings. The van der Waals surface area contributed by atoms with Crippen molar-refractivity contribution in [3.63, 3.8) is 0 Å². The van der Waals surface area contributed by atoms with Crippen molar-refractivity contribution >= 4 is 15.9 Å². The Morgan fingerprint density at radius 3 is 2.62 bits per heavy atom. The average Bonchev–Trinajstić information content (AvgIpc) is 2.45. The smallest absolute Gasteiger partial charge is 0.130 e. The van der Waals surface area contributed by atoms with Crippen LogP contribution in [0.15, 0.2) is 40.9 Å². The van der Waals surface area contributed by atoms with Gasteiger partial charge in [-0.05, 0) is 30.7 Å². The van der Waals surface area contributed by atoms with Crippen LogP contribution >= 0.6 is 15.9 Å². The Morgan fingerprint density at radius 1 is 1.19 bits per heavy atom. The van der Waals surface area contributed by atoms with Crippen molar-refractivity contribution < 1.29 is 13.9 Å². The molecule has 5 heteroatoms.